The second-order valence-corrected chi connectivity index (χ2v) is 5.73. The Hall–Kier alpha value is -1.15. The van der Waals surface area contributed by atoms with Gasteiger partial charge in [0.2, 0.25) is 0 Å². The summed E-state index contributed by atoms with van der Waals surface area (Å²) >= 11 is 3.74. The molecule has 0 saturated carbocycles. The van der Waals surface area contributed by atoms with Crippen LogP contribution in [0.5, 0.6) is 0 Å². The highest BCUT2D eigenvalue weighted by molar-refractivity contribution is 7.79. The molecule has 8 heteroatoms. The van der Waals surface area contributed by atoms with E-state index in [1.54, 1.807) is 10.5 Å². The van der Waals surface area contributed by atoms with Gasteiger partial charge in [-0.3, -0.25) is 9.53 Å². The van der Waals surface area contributed by atoms with Gasteiger partial charge in [-0.2, -0.15) is 0 Å². The highest BCUT2D eigenvalue weighted by atomic mass is 35.5. The average molecular weight is 318 g/mol. The maximum atomic E-state index is 11.3. The number of halogens is 1. The fraction of sp³-hybridized carbons (Fsp3) is 0.417. The lowest BCUT2D eigenvalue weighted by Crippen LogP contribution is -2.16. The number of carbonyl (C=O) groups excluding carboxylic acids is 1. The molecule has 1 amide bonds. The third-order valence-corrected chi connectivity index (χ3v) is 4.30. The molecule has 1 heterocycles. The van der Waals surface area contributed by atoms with E-state index in [2.05, 4.69) is 10.1 Å². The number of amides is 1. The van der Waals surface area contributed by atoms with E-state index in [1.165, 1.54) is 19.2 Å². The Bertz CT molecular complexity index is 540. The van der Waals surface area contributed by atoms with Crippen LogP contribution < -0.4 is 5.32 Å². The molecule has 20 heavy (non-hydrogen) atoms. The van der Waals surface area contributed by atoms with Crippen LogP contribution in [0.2, 0.25) is 0 Å². The molecule has 110 valence electrons. The van der Waals surface area contributed by atoms with Crippen molar-refractivity contribution in [2.75, 3.05) is 19.0 Å². The van der Waals surface area contributed by atoms with Crippen LogP contribution >= 0.6 is 11.8 Å². The van der Waals surface area contributed by atoms with Crippen molar-refractivity contribution >= 4 is 34.6 Å². The lowest BCUT2D eigenvalue weighted by atomic mass is 10.0. The van der Waals surface area contributed by atoms with Crippen LogP contribution in [0.1, 0.15) is 24.4 Å². The number of ether oxygens (including phenoxy) is 1. The van der Waals surface area contributed by atoms with Gasteiger partial charge in [0, 0.05) is 17.1 Å². The van der Waals surface area contributed by atoms with Gasteiger partial charge in [-0.25, -0.2) is 9.21 Å². The van der Waals surface area contributed by atoms with Crippen molar-refractivity contribution in [3.05, 3.63) is 23.8 Å². The number of rotatable bonds is 3. The molecule has 0 aliphatic carbocycles. The van der Waals surface area contributed by atoms with Gasteiger partial charge in [0.1, 0.15) is 0 Å². The first kappa shape index (κ1) is 15.2. The normalized spacial score (nSPS) is 20.6. The van der Waals surface area contributed by atoms with Crippen molar-refractivity contribution in [2.24, 2.45) is 0 Å². The Labute approximate surface area is 124 Å². The zero-order valence-electron chi connectivity index (χ0n) is 10.8. The summed E-state index contributed by atoms with van der Waals surface area (Å²) in [5.41, 5.74) is 1.05. The molecule has 1 unspecified atom stereocenters. The van der Waals surface area contributed by atoms with Crippen molar-refractivity contribution in [1.82, 2.24) is 4.42 Å². The first-order valence-corrected chi connectivity index (χ1v) is 7.45. The smallest absolute Gasteiger partial charge is 0.411 e. The van der Waals surface area contributed by atoms with Crippen LogP contribution in [0.25, 0.3) is 0 Å². The zero-order valence-corrected chi connectivity index (χ0v) is 12.4. The summed E-state index contributed by atoms with van der Waals surface area (Å²) in [5, 5.41) is 2.51. The van der Waals surface area contributed by atoms with E-state index in [0.29, 0.717) is 17.8 Å². The van der Waals surface area contributed by atoms with E-state index in [0.717, 1.165) is 12.8 Å². The predicted octanol–water partition coefficient (Wildman–Crippen LogP) is 2.39. The molecule has 1 fully saturated rings. The summed E-state index contributed by atoms with van der Waals surface area (Å²) in [6, 6.07) is 4.41. The van der Waals surface area contributed by atoms with E-state index in [4.69, 9.17) is 11.8 Å². The van der Waals surface area contributed by atoms with Gasteiger partial charge in [0.05, 0.1) is 13.2 Å². The van der Waals surface area contributed by atoms with E-state index in [-0.39, 0.29) is 10.9 Å². The third kappa shape index (κ3) is 3.29. The number of carbonyl (C=O) groups is 1. The molecule has 2 rings (SSSR count). The maximum Gasteiger partial charge on any atom is 0.411 e. The quantitative estimate of drug-likeness (QED) is 0.683. The summed E-state index contributed by atoms with van der Waals surface area (Å²) in [7, 11) is 1.26. The van der Waals surface area contributed by atoms with Crippen LogP contribution in [-0.4, -0.2) is 32.9 Å². The summed E-state index contributed by atoms with van der Waals surface area (Å²) in [5.74, 6) is 0. The third-order valence-electron chi connectivity index (χ3n) is 3.17. The molecule has 1 aliphatic heterocycles. The van der Waals surface area contributed by atoms with E-state index < -0.39 is 17.2 Å². The van der Waals surface area contributed by atoms with Gasteiger partial charge in [0.15, 0.2) is 0 Å². The molecule has 0 aromatic heterocycles. The van der Waals surface area contributed by atoms with Gasteiger partial charge >= 0.3 is 6.09 Å². The Morgan fingerprint density at radius 1 is 1.60 bits per heavy atom. The highest BCUT2D eigenvalue weighted by Gasteiger charge is 2.27. The van der Waals surface area contributed by atoms with Crippen molar-refractivity contribution in [1.29, 1.82) is 0 Å². The van der Waals surface area contributed by atoms with Crippen LogP contribution in [0.3, 0.4) is 0 Å². The lowest BCUT2D eigenvalue weighted by Gasteiger charge is -2.22. The Kier molecular flexibility index (Phi) is 4.98. The molecule has 1 aliphatic rings. The summed E-state index contributed by atoms with van der Waals surface area (Å²) in [6.45, 7) is 0.700. The summed E-state index contributed by atoms with van der Waals surface area (Å²) in [4.78, 5) is 11.4. The van der Waals surface area contributed by atoms with Crippen molar-refractivity contribution in [2.45, 2.75) is 23.8 Å². The standard InChI is InChI=1S/C12H15ClN2O4S/c1-19-12(16)14-8-4-5-11(20(17)18)9(7-8)10-3-2-6-15(10)13/h4-5,7,10H,2-3,6H2,1H3,(H,14,16)(H,17,18)/p-1/t10-/m1/s1. The molecule has 6 nitrogen and oxygen atoms in total. The van der Waals surface area contributed by atoms with Crippen molar-refractivity contribution in [3.63, 3.8) is 0 Å². The molecule has 1 aromatic rings. The maximum absolute atomic E-state index is 11.3. The Morgan fingerprint density at radius 2 is 2.35 bits per heavy atom. The average Bonchev–Trinajstić information content (AvgIpc) is 2.84. The number of methoxy groups -OCH3 is 1. The predicted molar refractivity (Wildman–Crippen MR) is 74.2 cm³/mol. The van der Waals surface area contributed by atoms with Crippen molar-refractivity contribution in [3.8, 4) is 0 Å². The van der Waals surface area contributed by atoms with E-state index in [1.807, 2.05) is 0 Å². The minimum absolute atomic E-state index is 0.177. The molecule has 1 aromatic carbocycles. The van der Waals surface area contributed by atoms with Crippen molar-refractivity contribution < 1.29 is 18.3 Å². The zero-order chi connectivity index (χ0) is 14.7. The molecular weight excluding hydrogens is 304 g/mol. The van der Waals surface area contributed by atoms with Gasteiger partial charge in [0.25, 0.3) is 0 Å². The number of benzene rings is 1. The SMILES string of the molecule is COC(=O)Nc1ccc(S(=O)[O-])c([C@H]2CCCN2Cl)c1. The molecule has 1 saturated heterocycles. The minimum atomic E-state index is -2.35. The molecule has 2 atom stereocenters. The fourth-order valence-electron chi connectivity index (χ4n) is 2.25. The lowest BCUT2D eigenvalue weighted by molar-refractivity contribution is 0.187. The minimum Gasteiger partial charge on any atom is -0.768 e. The second-order valence-electron chi connectivity index (χ2n) is 4.39. The summed E-state index contributed by atoms with van der Waals surface area (Å²) < 4.78 is 28.7. The Morgan fingerprint density at radius 3 is 2.90 bits per heavy atom. The monoisotopic (exact) mass is 317 g/mol. The largest absolute Gasteiger partial charge is 0.768 e. The molecule has 0 bridgehead atoms. The fourth-order valence-corrected chi connectivity index (χ4v) is 3.13. The molecule has 1 N–H and O–H groups in total. The number of nitrogens with one attached hydrogen (secondary N) is 1. The van der Waals surface area contributed by atoms with Gasteiger partial charge < -0.3 is 9.29 Å². The topological polar surface area (TPSA) is 81.7 Å². The first-order valence-electron chi connectivity index (χ1n) is 6.03. The van der Waals surface area contributed by atoms with Crippen LogP contribution in [-0.2, 0) is 15.8 Å². The van der Waals surface area contributed by atoms with Crippen LogP contribution in [0, 0.1) is 0 Å². The van der Waals surface area contributed by atoms with Gasteiger partial charge in [-0.05, 0) is 59.5 Å². The molecule has 0 spiro atoms. The molecular formula is C12H14ClN2O4S-. The number of anilines is 1. The Balaban J connectivity index is 2.36. The highest BCUT2D eigenvalue weighted by Crippen LogP contribution is 2.37. The van der Waals surface area contributed by atoms with E-state index in [9.17, 15) is 13.6 Å². The first-order chi connectivity index (χ1) is 9.52. The van der Waals surface area contributed by atoms with Gasteiger partial charge in [-0.15, -0.1) is 0 Å². The molecule has 0 radical (unpaired) electrons. The summed E-state index contributed by atoms with van der Waals surface area (Å²) in [6.07, 6.45) is 1.06. The van der Waals surface area contributed by atoms with Crippen LogP contribution in [0.15, 0.2) is 23.1 Å². The number of nitrogens with zero attached hydrogens (tertiary/aromatic N) is 1. The second kappa shape index (κ2) is 6.53. The number of hydrogen-bond acceptors (Lipinski definition) is 5. The number of hydrogen-bond donors (Lipinski definition) is 1. The van der Waals surface area contributed by atoms with Gasteiger partial charge in [-0.1, -0.05) is 0 Å². The van der Waals surface area contributed by atoms with E-state index >= 15 is 0 Å². The van der Waals surface area contributed by atoms with Crippen LogP contribution in [0.4, 0.5) is 10.5 Å².